The van der Waals surface area contributed by atoms with Gasteiger partial charge in [-0.15, -0.1) is 11.5 Å². The van der Waals surface area contributed by atoms with Crippen LogP contribution in [0.4, 0.5) is 0 Å². The zero-order valence-corrected chi connectivity index (χ0v) is 11.8. The highest BCUT2D eigenvalue weighted by Crippen LogP contribution is 2.13. The van der Waals surface area contributed by atoms with Crippen molar-refractivity contribution in [2.24, 2.45) is 0 Å². The van der Waals surface area contributed by atoms with Crippen LogP contribution in [-0.4, -0.2) is 27.6 Å². The molecule has 1 aliphatic heterocycles. The number of rotatable bonds is 4. The summed E-state index contributed by atoms with van der Waals surface area (Å²) in [6.07, 6.45) is 5.51. The molecule has 0 aromatic rings. The molecule has 0 spiro atoms. The number of hydrogen-bond donors (Lipinski definition) is 0. The van der Waals surface area contributed by atoms with Crippen LogP contribution >= 0.6 is 0 Å². The highest BCUT2D eigenvalue weighted by Gasteiger charge is 2.13. The van der Waals surface area contributed by atoms with Crippen LogP contribution in [-0.2, 0) is 9.47 Å². The second kappa shape index (κ2) is 7.11. The Kier molecular flexibility index (Phi) is 6.11. The molecule has 0 amide bonds. The number of hydrogen-bond acceptors (Lipinski definition) is 2. The Morgan fingerprint density at radius 2 is 2.12 bits per heavy atom. The smallest absolute Gasteiger partial charge is 0.157 e. The van der Waals surface area contributed by atoms with Gasteiger partial charge in [0.1, 0.15) is 8.07 Å². The van der Waals surface area contributed by atoms with Crippen molar-refractivity contribution in [1.82, 2.24) is 0 Å². The van der Waals surface area contributed by atoms with Gasteiger partial charge in [-0.1, -0.05) is 19.6 Å². The van der Waals surface area contributed by atoms with Gasteiger partial charge in [0.05, 0.1) is 6.61 Å². The van der Waals surface area contributed by atoms with Gasteiger partial charge in [0.15, 0.2) is 6.29 Å². The normalized spacial score (nSPS) is 21.3. The van der Waals surface area contributed by atoms with Gasteiger partial charge < -0.3 is 9.47 Å². The first-order valence-electron chi connectivity index (χ1n) is 6.31. The Morgan fingerprint density at radius 1 is 1.31 bits per heavy atom. The Hall–Kier alpha value is -0.303. The molecule has 0 aromatic heterocycles. The van der Waals surface area contributed by atoms with Crippen molar-refractivity contribution >= 4 is 8.07 Å². The lowest BCUT2D eigenvalue weighted by atomic mass is 10.2. The van der Waals surface area contributed by atoms with Crippen molar-refractivity contribution in [3.63, 3.8) is 0 Å². The van der Waals surface area contributed by atoms with Crippen molar-refractivity contribution < 1.29 is 9.47 Å². The van der Waals surface area contributed by atoms with Crippen molar-refractivity contribution in [2.45, 2.75) is 58.0 Å². The van der Waals surface area contributed by atoms with E-state index in [-0.39, 0.29) is 6.29 Å². The molecule has 1 fully saturated rings. The minimum atomic E-state index is -1.18. The maximum Gasteiger partial charge on any atom is 0.157 e. The molecule has 16 heavy (non-hydrogen) atoms. The average molecular weight is 240 g/mol. The van der Waals surface area contributed by atoms with Gasteiger partial charge in [0.25, 0.3) is 0 Å². The van der Waals surface area contributed by atoms with Crippen molar-refractivity contribution in [1.29, 1.82) is 0 Å². The minimum Gasteiger partial charge on any atom is -0.353 e. The maximum atomic E-state index is 5.64. The van der Waals surface area contributed by atoms with E-state index in [2.05, 4.69) is 31.1 Å². The standard InChI is InChI=1S/C13H24O2Si/c1-16(2,3)12-8-4-6-10-14-13-9-5-7-11-15-13/h13H,4-7,9-11H2,1-3H3. The summed E-state index contributed by atoms with van der Waals surface area (Å²) in [6.45, 7) is 8.45. The first-order valence-corrected chi connectivity index (χ1v) is 9.81. The molecule has 2 nitrogen and oxygen atoms in total. The molecule has 0 N–H and O–H groups in total. The van der Waals surface area contributed by atoms with Crippen LogP contribution in [0.2, 0.25) is 19.6 Å². The molecule has 1 atom stereocenters. The van der Waals surface area contributed by atoms with Crippen LogP contribution in [0.5, 0.6) is 0 Å². The monoisotopic (exact) mass is 240 g/mol. The average Bonchev–Trinajstić information content (AvgIpc) is 2.23. The van der Waals surface area contributed by atoms with Gasteiger partial charge in [0.2, 0.25) is 0 Å². The van der Waals surface area contributed by atoms with Crippen LogP contribution in [0.3, 0.4) is 0 Å². The fraction of sp³-hybridized carbons (Fsp3) is 0.846. The van der Waals surface area contributed by atoms with E-state index in [0.717, 1.165) is 32.5 Å². The molecule has 1 rings (SSSR count). The molecule has 0 aromatic carbocycles. The molecule has 0 aliphatic carbocycles. The summed E-state index contributed by atoms with van der Waals surface area (Å²) in [6, 6.07) is 0. The quantitative estimate of drug-likeness (QED) is 0.427. The lowest BCUT2D eigenvalue weighted by Gasteiger charge is -2.22. The molecule has 1 aliphatic rings. The van der Waals surface area contributed by atoms with E-state index in [1.165, 1.54) is 12.8 Å². The maximum absolute atomic E-state index is 5.64. The fourth-order valence-corrected chi connectivity index (χ4v) is 2.20. The van der Waals surface area contributed by atoms with E-state index in [1.54, 1.807) is 0 Å². The van der Waals surface area contributed by atoms with Crippen LogP contribution in [0.1, 0.15) is 32.1 Å². The summed E-state index contributed by atoms with van der Waals surface area (Å²) in [5.74, 6) is 3.25. The summed E-state index contributed by atoms with van der Waals surface area (Å²) in [4.78, 5) is 0. The zero-order valence-electron chi connectivity index (χ0n) is 10.8. The molecule has 3 heteroatoms. The van der Waals surface area contributed by atoms with E-state index < -0.39 is 8.07 Å². The lowest BCUT2D eigenvalue weighted by Crippen LogP contribution is -2.22. The first-order chi connectivity index (χ1) is 7.58. The minimum absolute atomic E-state index is 0.0544. The van der Waals surface area contributed by atoms with Crippen molar-refractivity contribution in [2.75, 3.05) is 13.2 Å². The summed E-state index contributed by atoms with van der Waals surface area (Å²) in [7, 11) is -1.18. The molecule has 1 saturated heterocycles. The van der Waals surface area contributed by atoms with Gasteiger partial charge in [0, 0.05) is 13.0 Å². The SMILES string of the molecule is C[Si](C)(C)C#CCCCOC1CCCCO1. The summed E-state index contributed by atoms with van der Waals surface area (Å²) >= 11 is 0. The summed E-state index contributed by atoms with van der Waals surface area (Å²) in [5.41, 5.74) is 3.36. The first kappa shape index (κ1) is 13.8. The van der Waals surface area contributed by atoms with E-state index in [1.807, 2.05) is 0 Å². The van der Waals surface area contributed by atoms with Crippen molar-refractivity contribution in [3.8, 4) is 11.5 Å². The third-order valence-corrected chi connectivity index (χ3v) is 3.28. The lowest BCUT2D eigenvalue weighted by molar-refractivity contribution is -0.162. The van der Waals surface area contributed by atoms with E-state index in [0.29, 0.717) is 0 Å². The van der Waals surface area contributed by atoms with Gasteiger partial charge >= 0.3 is 0 Å². The van der Waals surface area contributed by atoms with Gasteiger partial charge in [-0.05, 0) is 25.7 Å². The predicted octanol–water partition coefficient (Wildman–Crippen LogP) is 3.19. The van der Waals surface area contributed by atoms with Gasteiger partial charge in [-0.25, -0.2) is 0 Å². The second-order valence-electron chi connectivity index (χ2n) is 5.32. The van der Waals surface area contributed by atoms with Crippen LogP contribution in [0, 0.1) is 11.5 Å². The topological polar surface area (TPSA) is 18.5 Å². The van der Waals surface area contributed by atoms with E-state index in [9.17, 15) is 0 Å². The predicted molar refractivity (Wildman–Crippen MR) is 69.9 cm³/mol. The third-order valence-electron chi connectivity index (χ3n) is 2.35. The Bertz CT molecular complexity index is 241. The molecular weight excluding hydrogens is 216 g/mol. The Balaban J connectivity index is 2.00. The van der Waals surface area contributed by atoms with Gasteiger partial charge in [-0.3, -0.25) is 0 Å². The van der Waals surface area contributed by atoms with Crippen LogP contribution in [0.25, 0.3) is 0 Å². The summed E-state index contributed by atoms with van der Waals surface area (Å²) < 4.78 is 11.1. The Morgan fingerprint density at radius 3 is 2.75 bits per heavy atom. The van der Waals surface area contributed by atoms with Crippen molar-refractivity contribution in [3.05, 3.63) is 0 Å². The fourth-order valence-electron chi connectivity index (χ4n) is 1.55. The zero-order chi connectivity index (χ0) is 11.9. The largest absolute Gasteiger partial charge is 0.353 e. The molecule has 92 valence electrons. The van der Waals surface area contributed by atoms with Gasteiger partial charge in [-0.2, -0.15) is 0 Å². The molecule has 1 heterocycles. The second-order valence-corrected chi connectivity index (χ2v) is 10.1. The molecule has 0 bridgehead atoms. The van der Waals surface area contributed by atoms with E-state index in [4.69, 9.17) is 9.47 Å². The Labute approximate surface area is 101 Å². The van der Waals surface area contributed by atoms with Crippen LogP contribution in [0.15, 0.2) is 0 Å². The summed E-state index contributed by atoms with van der Waals surface area (Å²) in [5, 5.41) is 0. The molecule has 1 unspecified atom stereocenters. The number of ether oxygens (including phenoxy) is 2. The highest BCUT2D eigenvalue weighted by molar-refractivity contribution is 6.83. The molecule has 0 radical (unpaired) electrons. The number of unbranched alkanes of at least 4 members (excludes halogenated alkanes) is 1. The van der Waals surface area contributed by atoms with E-state index >= 15 is 0 Å². The third kappa shape index (κ3) is 7.05. The van der Waals surface area contributed by atoms with Crippen LogP contribution < -0.4 is 0 Å². The highest BCUT2D eigenvalue weighted by atomic mass is 28.3. The molecular formula is C13H24O2Si. The molecule has 0 saturated carbocycles.